The summed E-state index contributed by atoms with van der Waals surface area (Å²) < 4.78 is 20.1. The van der Waals surface area contributed by atoms with E-state index in [1.165, 1.54) is 0 Å². The van der Waals surface area contributed by atoms with Gasteiger partial charge in [0.15, 0.2) is 0 Å². The van der Waals surface area contributed by atoms with Crippen molar-refractivity contribution in [1.29, 1.82) is 0 Å². The van der Waals surface area contributed by atoms with Crippen molar-refractivity contribution in [1.82, 2.24) is 5.32 Å². The van der Waals surface area contributed by atoms with Crippen LogP contribution in [0.4, 0.5) is 0 Å². The molecule has 104 valence electrons. The van der Waals surface area contributed by atoms with Gasteiger partial charge in [0.2, 0.25) is 5.91 Å². The average Bonchev–Trinajstić information content (AvgIpc) is 2.32. The number of amides is 1. The Bertz CT molecular complexity index is 262. The van der Waals surface area contributed by atoms with Crippen LogP contribution in [-0.4, -0.2) is 64.7 Å². The summed E-state index contributed by atoms with van der Waals surface area (Å²) in [5.74, 6) is -0.532. The van der Waals surface area contributed by atoms with Crippen molar-refractivity contribution < 1.29 is 28.5 Å². The molecule has 1 amide bonds. The maximum Gasteiger partial charge on any atom is 0.329 e. The predicted octanol–water partition coefficient (Wildman–Crippen LogP) is -0.902. The highest BCUT2D eigenvalue weighted by Crippen LogP contribution is 2.05. The minimum Gasteiger partial charge on any atom is -0.462 e. The molecule has 1 fully saturated rings. The van der Waals surface area contributed by atoms with Gasteiger partial charge in [-0.1, -0.05) is 0 Å². The number of carbonyl (C=O) groups is 2. The van der Waals surface area contributed by atoms with Crippen LogP contribution < -0.4 is 5.32 Å². The van der Waals surface area contributed by atoms with Crippen LogP contribution in [0.5, 0.6) is 0 Å². The van der Waals surface area contributed by atoms with E-state index in [4.69, 9.17) is 18.9 Å². The van der Waals surface area contributed by atoms with Crippen LogP contribution in [0, 0.1) is 0 Å². The molecular weight excluding hydrogens is 242 g/mol. The van der Waals surface area contributed by atoms with Crippen LogP contribution in [0.2, 0.25) is 0 Å². The van der Waals surface area contributed by atoms with Crippen LogP contribution in [0.15, 0.2) is 0 Å². The molecule has 1 atom stereocenters. The van der Waals surface area contributed by atoms with E-state index in [0.29, 0.717) is 33.0 Å². The molecule has 0 bridgehead atoms. The second-order valence-electron chi connectivity index (χ2n) is 3.71. The smallest absolute Gasteiger partial charge is 0.329 e. The Morgan fingerprint density at radius 1 is 1.17 bits per heavy atom. The van der Waals surface area contributed by atoms with Crippen molar-refractivity contribution in [3.8, 4) is 0 Å². The van der Waals surface area contributed by atoms with Crippen molar-refractivity contribution in [2.45, 2.75) is 12.5 Å². The Hall–Kier alpha value is -1.18. The maximum atomic E-state index is 11.2. The molecular formula is C11H19NO6. The lowest BCUT2D eigenvalue weighted by Crippen LogP contribution is -2.53. The van der Waals surface area contributed by atoms with Gasteiger partial charge in [0, 0.05) is 7.11 Å². The number of esters is 1. The van der Waals surface area contributed by atoms with E-state index >= 15 is 0 Å². The molecule has 0 aromatic rings. The molecule has 0 spiro atoms. The molecule has 1 rings (SSSR count). The average molecular weight is 261 g/mol. The minimum atomic E-state index is -0.477. The summed E-state index contributed by atoms with van der Waals surface area (Å²) in [6.07, 6.45) is 0.215. The van der Waals surface area contributed by atoms with E-state index in [9.17, 15) is 9.59 Å². The number of rotatable bonds is 10. The van der Waals surface area contributed by atoms with Gasteiger partial charge in [-0.05, 0) is 0 Å². The summed E-state index contributed by atoms with van der Waals surface area (Å²) in [4.78, 5) is 21.8. The van der Waals surface area contributed by atoms with Crippen LogP contribution in [-0.2, 0) is 28.5 Å². The van der Waals surface area contributed by atoms with Crippen LogP contribution in [0.25, 0.3) is 0 Å². The number of hydrogen-bond donors (Lipinski definition) is 1. The Morgan fingerprint density at radius 3 is 2.28 bits per heavy atom. The van der Waals surface area contributed by atoms with E-state index in [-0.39, 0.29) is 18.9 Å². The highest BCUT2D eigenvalue weighted by atomic mass is 16.6. The van der Waals surface area contributed by atoms with Gasteiger partial charge in [-0.2, -0.15) is 0 Å². The molecule has 7 heteroatoms. The molecule has 1 N–H and O–H groups in total. The molecule has 1 heterocycles. The van der Waals surface area contributed by atoms with Crippen molar-refractivity contribution in [3.05, 3.63) is 0 Å². The zero-order chi connectivity index (χ0) is 13.2. The molecule has 18 heavy (non-hydrogen) atoms. The van der Waals surface area contributed by atoms with Crippen LogP contribution in [0.1, 0.15) is 6.42 Å². The van der Waals surface area contributed by atoms with Crippen LogP contribution in [0.3, 0.4) is 0 Å². The zero-order valence-corrected chi connectivity index (χ0v) is 10.5. The SMILES string of the molecule is COCCOCCOCCOC(=O)[C@@H]1CC(=O)N1. The largest absolute Gasteiger partial charge is 0.462 e. The Labute approximate surface area is 106 Å². The third-order valence-corrected chi connectivity index (χ3v) is 2.29. The number of carbonyl (C=O) groups excluding carboxylic acids is 2. The van der Waals surface area contributed by atoms with Gasteiger partial charge in [0.05, 0.1) is 39.5 Å². The number of β-lactam (4-membered cyclic amide) rings is 1. The van der Waals surface area contributed by atoms with E-state index in [1.807, 2.05) is 0 Å². The molecule has 0 aliphatic carbocycles. The highest BCUT2D eigenvalue weighted by molar-refractivity contribution is 5.94. The van der Waals surface area contributed by atoms with Gasteiger partial charge in [-0.3, -0.25) is 4.79 Å². The normalized spacial score (nSPS) is 18.1. The first-order valence-electron chi connectivity index (χ1n) is 5.84. The fourth-order valence-electron chi connectivity index (χ4n) is 1.27. The predicted molar refractivity (Wildman–Crippen MR) is 61.0 cm³/mol. The standard InChI is InChI=1S/C11H19NO6/c1-15-2-3-16-4-5-17-6-7-18-11(14)9-8-10(13)12-9/h9H,2-8H2,1H3,(H,12,13)/t9-/m0/s1. The number of nitrogens with one attached hydrogen (secondary N) is 1. The molecule has 0 radical (unpaired) electrons. The summed E-state index contributed by atoms with van der Waals surface area (Å²) >= 11 is 0. The topological polar surface area (TPSA) is 83.1 Å². The quantitative estimate of drug-likeness (QED) is 0.312. The lowest BCUT2D eigenvalue weighted by molar-refractivity contribution is -0.154. The molecule has 0 aromatic carbocycles. The Balaban J connectivity index is 1.81. The molecule has 1 saturated heterocycles. The van der Waals surface area contributed by atoms with Crippen molar-refractivity contribution in [3.63, 3.8) is 0 Å². The number of hydrogen-bond acceptors (Lipinski definition) is 6. The molecule has 0 unspecified atom stereocenters. The molecule has 1 aliphatic heterocycles. The van der Waals surface area contributed by atoms with Gasteiger partial charge in [0.1, 0.15) is 12.6 Å². The van der Waals surface area contributed by atoms with Gasteiger partial charge in [-0.15, -0.1) is 0 Å². The third-order valence-electron chi connectivity index (χ3n) is 2.29. The molecule has 0 saturated carbocycles. The zero-order valence-electron chi connectivity index (χ0n) is 10.5. The maximum absolute atomic E-state index is 11.2. The lowest BCUT2D eigenvalue weighted by atomic mass is 10.1. The Kier molecular flexibility index (Phi) is 7.31. The number of ether oxygens (including phenoxy) is 4. The van der Waals surface area contributed by atoms with Gasteiger partial charge < -0.3 is 24.3 Å². The van der Waals surface area contributed by atoms with Crippen LogP contribution >= 0.6 is 0 Å². The second kappa shape index (κ2) is 8.84. The fraction of sp³-hybridized carbons (Fsp3) is 0.818. The van der Waals surface area contributed by atoms with E-state index in [2.05, 4.69) is 5.32 Å². The molecule has 7 nitrogen and oxygen atoms in total. The summed E-state index contributed by atoms with van der Waals surface area (Å²) in [6.45, 7) is 2.53. The molecule has 1 aliphatic rings. The first-order chi connectivity index (χ1) is 8.74. The van der Waals surface area contributed by atoms with E-state index < -0.39 is 12.0 Å². The minimum absolute atomic E-state index is 0.124. The summed E-state index contributed by atoms with van der Waals surface area (Å²) in [5, 5.41) is 2.44. The third kappa shape index (κ3) is 5.95. The number of methoxy groups -OCH3 is 1. The highest BCUT2D eigenvalue weighted by Gasteiger charge is 2.32. The van der Waals surface area contributed by atoms with E-state index in [1.54, 1.807) is 7.11 Å². The first-order valence-corrected chi connectivity index (χ1v) is 5.84. The van der Waals surface area contributed by atoms with Gasteiger partial charge in [-0.25, -0.2) is 4.79 Å². The van der Waals surface area contributed by atoms with Gasteiger partial charge >= 0.3 is 5.97 Å². The van der Waals surface area contributed by atoms with Crippen molar-refractivity contribution in [2.75, 3.05) is 46.8 Å². The van der Waals surface area contributed by atoms with Gasteiger partial charge in [0.25, 0.3) is 0 Å². The van der Waals surface area contributed by atoms with Crippen molar-refractivity contribution in [2.24, 2.45) is 0 Å². The fourth-order valence-corrected chi connectivity index (χ4v) is 1.27. The monoisotopic (exact) mass is 261 g/mol. The van der Waals surface area contributed by atoms with Crippen molar-refractivity contribution >= 4 is 11.9 Å². The summed E-state index contributed by atoms with van der Waals surface area (Å²) in [7, 11) is 1.61. The lowest BCUT2D eigenvalue weighted by Gasteiger charge is -2.24. The second-order valence-corrected chi connectivity index (χ2v) is 3.71. The Morgan fingerprint density at radius 2 is 1.72 bits per heavy atom. The first kappa shape index (κ1) is 14.9. The van der Waals surface area contributed by atoms with E-state index in [0.717, 1.165) is 0 Å². The molecule has 0 aromatic heterocycles. The summed E-state index contributed by atoms with van der Waals surface area (Å²) in [6, 6.07) is -0.477. The summed E-state index contributed by atoms with van der Waals surface area (Å²) in [5.41, 5.74) is 0.